The molecule has 0 aromatic rings. The van der Waals surface area contributed by atoms with E-state index in [0.29, 0.717) is 13.2 Å². The molecule has 2 N–H and O–H groups in total. The molecule has 0 saturated carbocycles. The number of nitrogens with one attached hydrogen (secondary N) is 2. The normalized spacial score (nSPS) is 16.8. The summed E-state index contributed by atoms with van der Waals surface area (Å²) < 4.78 is 9.96. The Morgan fingerprint density at radius 1 is 1.43 bits per heavy atom. The zero-order valence-electron chi connectivity index (χ0n) is 8.71. The molecule has 1 fully saturated rings. The van der Waals surface area contributed by atoms with Crippen LogP contribution in [0.25, 0.3) is 0 Å². The SMILES string of the molecule is COCC(COC)NC(=O)C1CNC1. The van der Waals surface area contributed by atoms with Gasteiger partial charge >= 0.3 is 0 Å². The Balaban J connectivity index is 2.25. The van der Waals surface area contributed by atoms with Crippen LogP contribution in [0.1, 0.15) is 0 Å². The largest absolute Gasteiger partial charge is 0.382 e. The number of amides is 1. The lowest BCUT2D eigenvalue weighted by atomic mass is 10.0. The number of hydrogen-bond acceptors (Lipinski definition) is 4. The van der Waals surface area contributed by atoms with Gasteiger partial charge in [0.2, 0.25) is 5.91 Å². The molecule has 0 aliphatic carbocycles. The number of carbonyl (C=O) groups is 1. The number of hydrogen-bond donors (Lipinski definition) is 2. The highest BCUT2D eigenvalue weighted by Crippen LogP contribution is 2.02. The predicted octanol–water partition coefficient (Wildman–Crippen LogP) is -1.02. The first-order valence-corrected chi connectivity index (χ1v) is 4.77. The number of methoxy groups -OCH3 is 2. The van der Waals surface area contributed by atoms with Crippen LogP contribution in [0.4, 0.5) is 0 Å². The van der Waals surface area contributed by atoms with Gasteiger partial charge in [0.1, 0.15) is 0 Å². The Hall–Kier alpha value is -0.650. The van der Waals surface area contributed by atoms with Crippen molar-refractivity contribution >= 4 is 5.91 Å². The molecule has 14 heavy (non-hydrogen) atoms. The molecule has 0 aromatic carbocycles. The number of carbonyl (C=O) groups excluding carboxylic acids is 1. The lowest BCUT2D eigenvalue weighted by Crippen LogP contribution is -2.54. The predicted molar refractivity (Wildman–Crippen MR) is 52.0 cm³/mol. The van der Waals surface area contributed by atoms with Crippen molar-refractivity contribution in [2.24, 2.45) is 5.92 Å². The van der Waals surface area contributed by atoms with Gasteiger partial charge in [-0.3, -0.25) is 4.79 Å². The zero-order valence-corrected chi connectivity index (χ0v) is 8.71. The third-order valence-corrected chi connectivity index (χ3v) is 2.23. The summed E-state index contributed by atoms with van der Waals surface area (Å²) in [5.41, 5.74) is 0. The minimum absolute atomic E-state index is 0.0434. The second-order valence-corrected chi connectivity index (χ2v) is 3.47. The van der Waals surface area contributed by atoms with Crippen molar-refractivity contribution in [1.29, 1.82) is 0 Å². The molecular weight excluding hydrogens is 184 g/mol. The standard InChI is InChI=1S/C9H18N2O3/c1-13-5-8(6-14-2)11-9(12)7-3-10-4-7/h7-8,10H,3-6H2,1-2H3,(H,11,12). The lowest BCUT2D eigenvalue weighted by molar-refractivity contribution is -0.128. The van der Waals surface area contributed by atoms with Crippen LogP contribution in [0, 0.1) is 5.92 Å². The molecule has 0 unspecified atom stereocenters. The summed E-state index contributed by atoms with van der Waals surface area (Å²) in [5.74, 6) is 0.203. The van der Waals surface area contributed by atoms with Crippen LogP contribution in [0.5, 0.6) is 0 Å². The van der Waals surface area contributed by atoms with E-state index in [1.54, 1.807) is 14.2 Å². The van der Waals surface area contributed by atoms with Gasteiger partial charge in [-0.25, -0.2) is 0 Å². The first-order valence-electron chi connectivity index (χ1n) is 4.77. The average molecular weight is 202 g/mol. The summed E-state index contributed by atoms with van der Waals surface area (Å²) in [7, 11) is 3.22. The van der Waals surface area contributed by atoms with E-state index in [9.17, 15) is 4.79 Å². The Bertz CT molecular complexity index is 177. The molecule has 0 radical (unpaired) electrons. The second-order valence-electron chi connectivity index (χ2n) is 3.47. The monoisotopic (exact) mass is 202 g/mol. The highest BCUT2D eigenvalue weighted by atomic mass is 16.5. The van der Waals surface area contributed by atoms with Crippen molar-refractivity contribution < 1.29 is 14.3 Å². The van der Waals surface area contributed by atoms with E-state index in [4.69, 9.17) is 9.47 Å². The van der Waals surface area contributed by atoms with Crippen molar-refractivity contribution in [1.82, 2.24) is 10.6 Å². The Kier molecular flexibility index (Phi) is 4.86. The summed E-state index contributed by atoms with van der Waals surface area (Å²) in [6, 6.07) is -0.0434. The fraction of sp³-hybridized carbons (Fsp3) is 0.889. The van der Waals surface area contributed by atoms with Gasteiger partial charge in [0.05, 0.1) is 25.2 Å². The number of ether oxygens (including phenoxy) is 2. The van der Waals surface area contributed by atoms with Gasteiger partial charge in [-0.15, -0.1) is 0 Å². The Labute approximate surface area is 84.1 Å². The molecular formula is C9H18N2O3. The van der Waals surface area contributed by atoms with Crippen molar-refractivity contribution in [2.45, 2.75) is 6.04 Å². The zero-order chi connectivity index (χ0) is 10.4. The van der Waals surface area contributed by atoms with Crippen molar-refractivity contribution in [3.63, 3.8) is 0 Å². The van der Waals surface area contributed by atoms with Crippen LogP contribution in [0.3, 0.4) is 0 Å². The maximum atomic E-state index is 11.5. The highest BCUT2D eigenvalue weighted by molar-refractivity contribution is 5.80. The first kappa shape index (κ1) is 11.4. The number of rotatable bonds is 6. The van der Waals surface area contributed by atoms with Gasteiger partial charge in [0.25, 0.3) is 0 Å². The summed E-state index contributed by atoms with van der Waals surface area (Å²) in [5, 5.41) is 5.95. The molecule has 82 valence electrons. The van der Waals surface area contributed by atoms with Crippen LogP contribution in [-0.4, -0.2) is 52.5 Å². The molecule has 0 bridgehead atoms. The quantitative estimate of drug-likeness (QED) is 0.579. The molecule has 1 amide bonds. The van der Waals surface area contributed by atoms with E-state index in [2.05, 4.69) is 10.6 Å². The molecule has 1 saturated heterocycles. The van der Waals surface area contributed by atoms with E-state index in [-0.39, 0.29) is 17.9 Å². The van der Waals surface area contributed by atoms with Gasteiger partial charge in [0.15, 0.2) is 0 Å². The van der Waals surface area contributed by atoms with Crippen molar-refractivity contribution in [2.75, 3.05) is 40.5 Å². The second kappa shape index (κ2) is 5.95. The van der Waals surface area contributed by atoms with E-state index >= 15 is 0 Å². The van der Waals surface area contributed by atoms with Crippen LogP contribution in [-0.2, 0) is 14.3 Å². The van der Waals surface area contributed by atoms with Gasteiger partial charge in [-0.1, -0.05) is 0 Å². The van der Waals surface area contributed by atoms with Crippen molar-refractivity contribution in [3.8, 4) is 0 Å². The van der Waals surface area contributed by atoms with Crippen LogP contribution in [0.2, 0.25) is 0 Å². The molecule has 0 spiro atoms. The molecule has 0 atom stereocenters. The molecule has 5 nitrogen and oxygen atoms in total. The molecule has 0 aromatic heterocycles. The molecule has 1 heterocycles. The Morgan fingerprint density at radius 2 is 2.00 bits per heavy atom. The smallest absolute Gasteiger partial charge is 0.226 e. The molecule has 1 aliphatic heterocycles. The van der Waals surface area contributed by atoms with Gasteiger partial charge in [0, 0.05) is 27.3 Å². The molecule has 1 aliphatic rings. The molecule has 1 rings (SSSR count). The average Bonchev–Trinajstić information content (AvgIpc) is 2.01. The van der Waals surface area contributed by atoms with Crippen LogP contribution in [0.15, 0.2) is 0 Å². The summed E-state index contributed by atoms with van der Waals surface area (Å²) >= 11 is 0. The Morgan fingerprint density at radius 3 is 2.36 bits per heavy atom. The highest BCUT2D eigenvalue weighted by Gasteiger charge is 2.26. The van der Waals surface area contributed by atoms with Gasteiger partial charge in [-0.2, -0.15) is 0 Å². The lowest BCUT2D eigenvalue weighted by Gasteiger charge is -2.28. The summed E-state index contributed by atoms with van der Waals surface area (Å²) in [6.07, 6.45) is 0. The maximum Gasteiger partial charge on any atom is 0.226 e. The summed E-state index contributed by atoms with van der Waals surface area (Å²) in [4.78, 5) is 11.5. The van der Waals surface area contributed by atoms with Gasteiger partial charge < -0.3 is 20.1 Å². The first-order chi connectivity index (χ1) is 6.77. The maximum absolute atomic E-state index is 11.5. The van der Waals surface area contributed by atoms with Crippen molar-refractivity contribution in [3.05, 3.63) is 0 Å². The van der Waals surface area contributed by atoms with Crippen LogP contribution < -0.4 is 10.6 Å². The van der Waals surface area contributed by atoms with E-state index in [1.165, 1.54) is 0 Å². The van der Waals surface area contributed by atoms with E-state index in [0.717, 1.165) is 13.1 Å². The third-order valence-electron chi connectivity index (χ3n) is 2.23. The minimum Gasteiger partial charge on any atom is -0.382 e. The summed E-state index contributed by atoms with van der Waals surface area (Å²) in [6.45, 7) is 2.52. The topological polar surface area (TPSA) is 59.6 Å². The molecule has 5 heteroatoms. The minimum atomic E-state index is -0.0434. The fourth-order valence-electron chi connectivity index (χ4n) is 1.33. The van der Waals surface area contributed by atoms with E-state index < -0.39 is 0 Å². The third kappa shape index (κ3) is 3.25. The van der Waals surface area contributed by atoms with Gasteiger partial charge in [-0.05, 0) is 0 Å². The fourth-order valence-corrected chi connectivity index (χ4v) is 1.33. The van der Waals surface area contributed by atoms with Crippen LogP contribution >= 0.6 is 0 Å². The van der Waals surface area contributed by atoms with E-state index in [1.807, 2.05) is 0 Å².